The summed E-state index contributed by atoms with van der Waals surface area (Å²) in [7, 11) is 3.07. The molecule has 0 atom stereocenters. The SMILES string of the molecule is COc1cc(NC(=O)C2(c3ccccc3)CCOCC2)c(OC)cc1Cl. The molecule has 1 heterocycles. The molecule has 2 aromatic carbocycles. The molecule has 0 bridgehead atoms. The monoisotopic (exact) mass is 375 g/mol. The zero-order valence-corrected chi connectivity index (χ0v) is 15.6. The number of ether oxygens (including phenoxy) is 3. The number of hydrogen-bond donors (Lipinski definition) is 1. The predicted octanol–water partition coefficient (Wildman–Crippen LogP) is 4.04. The van der Waals surface area contributed by atoms with E-state index in [2.05, 4.69) is 5.32 Å². The first-order chi connectivity index (χ1) is 12.6. The molecule has 138 valence electrons. The maximum atomic E-state index is 13.3. The molecule has 26 heavy (non-hydrogen) atoms. The number of halogens is 1. The molecule has 2 aromatic rings. The van der Waals surface area contributed by atoms with Gasteiger partial charge in [0.15, 0.2) is 0 Å². The van der Waals surface area contributed by atoms with Crippen molar-refractivity contribution in [2.45, 2.75) is 18.3 Å². The van der Waals surface area contributed by atoms with Gasteiger partial charge >= 0.3 is 0 Å². The van der Waals surface area contributed by atoms with Crippen LogP contribution in [0.4, 0.5) is 5.69 Å². The van der Waals surface area contributed by atoms with Crippen molar-refractivity contribution < 1.29 is 19.0 Å². The molecule has 1 aliphatic rings. The maximum absolute atomic E-state index is 13.3. The van der Waals surface area contributed by atoms with Crippen LogP contribution in [0.3, 0.4) is 0 Å². The second-order valence-corrected chi connectivity index (χ2v) is 6.61. The number of carbonyl (C=O) groups excluding carboxylic acids is 1. The number of methoxy groups -OCH3 is 2. The lowest BCUT2D eigenvalue weighted by atomic mass is 9.73. The topological polar surface area (TPSA) is 56.8 Å². The van der Waals surface area contributed by atoms with Crippen molar-refractivity contribution in [3.63, 3.8) is 0 Å². The first-order valence-electron chi connectivity index (χ1n) is 8.47. The van der Waals surface area contributed by atoms with E-state index in [0.717, 1.165) is 5.56 Å². The Morgan fingerprint density at radius 2 is 1.73 bits per heavy atom. The van der Waals surface area contributed by atoms with Gasteiger partial charge in [-0.05, 0) is 18.4 Å². The molecule has 0 radical (unpaired) electrons. The fourth-order valence-electron chi connectivity index (χ4n) is 3.32. The highest BCUT2D eigenvalue weighted by Gasteiger charge is 2.42. The van der Waals surface area contributed by atoms with E-state index in [1.54, 1.807) is 12.1 Å². The molecular weight excluding hydrogens is 354 g/mol. The van der Waals surface area contributed by atoms with Crippen molar-refractivity contribution in [2.75, 3.05) is 32.8 Å². The first-order valence-corrected chi connectivity index (χ1v) is 8.85. The molecular formula is C20H22ClNO4. The van der Waals surface area contributed by atoms with Gasteiger partial charge in [-0.3, -0.25) is 4.79 Å². The smallest absolute Gasteiger partial charge is 0.235 e. The molecule has 0 saturated carbocycles. The standard InChI is InChI=1S/C20H22ClNO4/c1-24-17-13-16(18(25-2)12-15(17)21)22-19(23)20(8-10-26-11-9-20)14-6-4-3-5-7-14/h3-7,12-13H,8-11H2,1-2H3,(H,22,23). The average Bonchev–Trinajstić information content (AvgIpc) is 2.70. The summed E-state index contributed by atoms with van der Waals surface area (Å²) in [6.45, 7) is 1.09. The highest BCUT2D eigenvalue weighted by Crippen LogP contribution is 2.39. The third kappa shape index (κ3) is 3.50. The van der Waals surface area contributed by atoms with Crippen molar-refractivity contribution in [3.05, 3.63) is 53.1 Å². The quantitative estimate of drug-likeness (QED) is 0.856. The van der Waals surface area contributed by atoms with Crippen molar-refractivity contribution in [3.8, 4) is 11.5 Å². The average molecular weight is 376 g/mol. The van der Waals surface area contributed by atoms with Gasteiger partial charge in [-0.25, -0.2) is 0 Å². The molecule has 1 fully saturated rings. The minimum absolute atomic E-state index is 0.0883. The highest BCUT2D eigenvalue weighted by atomic mass is 35.5. The largest absolute Gasteiger partial charge is 0.495 e. The summed E-state index contributed by atoms with van der Waals surface area (Å²) in [5.74, 6) is 0.873. The summed E-state index contributed by atoms with van der Waals surface area (Å²) >= 11 is 6.15. The fourth-order valence-corrected chi connectivity index (χ4v) is 3.55. The van der Waals surface area contributed by atoms with Crippen LogP contribution in [-0.4, -0.2) is 33.3 Å². The number of benzene rings is 2. The molecule has 3 rings (SSSR count). The van der Waals surface area contributed by atoms with Crippen LogP contribution in [0.25, 0.3) is 0 Å². The lowest BCUT2D eigenvalue weighted by molar-refractivity contribution is -0.125. The van der Waals surface area contributed by atoms with Crippen LogP contribution >= 0.6 is 11.6 Å². The summed E-state index contributed by atoms with van der Waals surface area (Å²) in [6, 6.07) is 13.1. The molecule has 0 aliphatic carbocycles. The lowest BCUT2D eigenvalue weighted by Crippen LogP contribution is -2.44. The van der Waals surface area contributed by atoms with E-state index in [1.165, 1.54) is 14.2 Å². The fraction of sp³-hybridized carbons (Fsp3) is 0.350. The molecule has 1 N–H and O–H groups in total. The number of hydrogen-bond acceptors (Lipinski definition) is 4. The molecule has 1 aliphatic heterocycles. The van der Waals surface area contributed by atoms with Gasteiger partial charge < -0.3 is 19.5 Å². The second kappa shape index (κ2) is 7.98. The van der Waals surface area contributed by atoms with Crippen LogP contribution in [0.2, 0.25) is 5.02 Å². The molecule has 1 saturated heterocycles. The van der Waals surface area contributed by atoms with Gasteiger partial charge in [0.25, 0.3) is 0 Å². The Balaban J connectivity index is 1.97. The van der Waals surface area contributed by atoms with Crippen molar-refractivity contribution >= 4 is 23.2 Å². The summed E-state index contributed by atoms with van der Waals surface area (Å²) in [5, 5.41) is 3.44. The minimum Gasteiger partial charge on any atom is -0.495 e. The lowest BCUT2D eigenvalue weighted by Gasteiger charge is -2.36. The van der Waals surface area contributed by atoms with Gasteiger partial charge in [0.2, 0.25) is 5.91 Å². The molecule has 1 amide bonds. The Morgan fingerprint density at radius 1 is 1.08 bits per heavy atom. The number of nitrogens with one attached hydrogen (secondary N) is 1. The van der Waals surface area contributed by atoms with E-state index >= 15 is 0 Å². The van der Waals surface area contributed by atoms with Crippen LogP contribution in [0, 0.1) is 0 Å². The van der Waals surface area contributed by atoms with Gasteiger partial charge in [0.05, 0.1) is 30.3 Å². The van der Waals surface area contributed by atoms with Gasteiger partial charge in [0, 0.05) is 25.3 Å². The van der Waals surface area contributed by atoms with Gasteiger partial charge in [0.1, 0.15) is 11.5 Å². The Hall–Kier alpha value is -2.24. The van der Waals surface area contributed by atoms with Crippen LogP contribution < -0.4 is 14.8 Å². The van der Waals surface area contributed by atoms with Crippen LogP contribution in [-0.2, 0) is 14.9 Å². The first kappa shape index (κ1) is 18.5. The van der Waals surface area contributed by atoms with Crippen LogP contribution in [0.1, 0.15) is 18.4 Å². The summed E-state index contributed by atoms with van der Waals surface area (Å²) in [4.78, 5) is 13.3. The van der Waals surface area contributed by atoms with E-state index in [0.29, 0.717) is 48.3 Å². The highest BCUT2D eigenvalue weighted by molar-refractivity contribution is 6.32. The Bertz CT molecular complexity index is 773. The molecule has 0 spiro atoms. The Labute approximate surface area is 158 Å². The van der Waals surface area contributed by atoms with E-state index in [-0.39, 0.29) is 5.91 Å². The third-order valence-corrected chi connectivity index (χ3v) is 5.12. The number of amides is 1. The summed E-state index contributed by atoms with van der Waals surface area (Å²) in [6.07, 6.45) is 1.24. The number of carbonyl (C=O) groups is 1. The van der Waals surface area contributed by atoms with Crippen LogP contribution in [0.15, 0.2) is 42.5 Å². The van der Waals surface area contributed by atoms with Crippen molar-refractivity contribution in [1.82, 2.24) is 0 Å². The zero-order chi connectivity index (χ0) is 18.6. The van der Waals surface area contributed by atoms with Crippen molar-refractivity contribution in [1.29, 1.82) is 0 Å². The van der Waals surface area contributed by atoms with Gasteiger partial charge in [-0.2, -0.15) is 0 Å². The van der Waals surface area contributed by atoms with E-state index < -0.39 is 5.41 Å². The molecule has 0 unspecified atom stereocenters. The van der Waals surface area contributed by atoms with E-state index in [9.17, 15) is 4.79 Å². The maximum Gasteiger partial charge on any atom is 0.235 e. The van der Waals surface area contributed by atoms with E-state index in [4.69, 9.17) is 25.8 Å². The Kier molecular flexibility index (Phi) is 5.69. The van der Waals surface area contributed by atoms with E-state index in [1.807, 2.05) is 30.3 Å². The Morgan fingerprint density at radius 3 is 2.35 bits per heavy atom. The number of anilines is 1. The van der Waals surface area contributed by atoms with Gasteiger partial charge in [-0.1, -0.05) is 41.9 Å². The molecule has 0 aromatic heterocycles. The normalized spacial score (nSPS) is 16.0. The van der Waals surface area contributed by atoms with Crippen LogP contribution in [0.5, 0.6) is 11.5 Å². The zero-order valence-electron chi connectivity index (χ0n) is 14.9. The molecule has 6 heteroatoms. The van der Waals surface area contributed by atoms with Gasteiger partial charge in [-0.15, -0.1) is 0 Å². The van der Waals surface area contributed by atoms with Crippen molar-refractivity contribution in [2.24, 2.45) is 0 Å². The predicted molar refractivity (Wildman–Crippen MR) is 101 cm³/mol. The summed E-state index contributed by atoms with van der Waals surface area (Å²) < 4.78 is 16.1. The minimum atomic E-state index is -0.641. The second-order valence-electron chi connectivity index (χ2n) is 6.20. The summed E-state index contributed by atoms with van der Waals surface area (Å²) in [5.41, 5.74) is 0.874. The molecule has 5 nitrogen and oxygen atoms in total. The third-order valence-electron chi connectivity index (χ3n) is 4.83. The number of rotatable bonds is 5.